The highest BCUT2D eigenvalue weighted by molar-refractivity contribution is 9.10. The molecule has 8 heteroatoms. The van der Waals surface area contributed by atoms with Crippen molar-refractivity contribution in [2.75, 3.05) is 13.7 Å². The number of aryl methyl sites for hydroxylation is 1. The summed E-state index contributed by atoms with van der Waals surface area (Å²) in [7, 11) is 1.30. The number of methoxy groups -OCH3 is 1. The minimum atomic E-state index is -0.586. The molecule has 2 aromatic rings. The SMILES string of the molecule is CCC[C@H](NC(=O)OC)C(=O)N1CCC[C@H]1c1nc(-c2ccc(Br)c(C)c2)c[nH]1. The van der Waals surface area contributed by atoms with Crippen molar-refractivity contribution in [3.05, 3.63) is 40.3 Å². The van der Waals surface area contributed by atoms with Gasteiger partial charge in [-0.3, -0.25) is 4.79 Å². The Labute approximate surface area is 179 Å². The van der Waals surface area contributed by atoms with Gasteiger partial charge >= 0.3 is 6.09 Å². The van der Waals surface area contributed by atoms with E-state index in [0.717, 1.165) is 46.4 Å². The number of ether oxygens (including phenoxy) is 1. The Morgan fingerprint density at radius 3 is 2.93 bits per heavy atom. The van der Waals surface area contributed by atoms with Crippen LogP contribution in [0.2, 0.25) is 0 Å². The van der Waals surface area contributed by atoms with Crippen LogP contribution in [0.3, 0.4) is 0 Å². The molecule has 2 amide bonds. The normalized spacial score (nSPS) is 17.2. The van der Waals surface area contributed by atoms with E-state index in [1.807, 2.05) is 37.1 Å². The lowest BCUT2D eigenvalue weighted by Crippen LogP contribution is -2.48. The van der Waals surface area contributed by atoms with E-state index in [1.54, 1.807) is 0 Å². The maximum atomic E-state index is 13.1. The number of carbonyl (C=O) groups is 2. The molecule has 3 rings (SSSR count). The Kier molecular flexibility index (Phi) is 6.95. The van der Waals surface area contributed by atoms with E-state index in [2.05, 4.69) is 37.0 Å². The van der Waals surface area contributed by atoms with Crippen molar-refractivity contribution in [2.24, 2.45) is 0 Å². The molecule has 2 atom stereocenters. The summed E-state index contributed by atoms with van der Waals surface area (Å²) < 4.78 is 5.74. The number of nitrogens with zero attached hydrogens (tertiary/aromatic N) is 2. The molecular formula is C21H27BrN4O3. The number of amides is 2. The van der Waals surface area contributed by atoms with Gasteiger partial charge < -0.3 is 19.9 Å². The molecule has 2 N–H and O–H groups in total. The fraction of sp³-hybridized carbons (Fsp3) is 0.476. The quantitative estimate of drug-likeness (QED) is 0.668. The molecule has 7 nitrogen and oxygen atoms in total. The summed E-state index contributed by atoms with van der Waals surface area (Å²) in [5.74, 6) is 0.692. The Bertz CT molecular complexity index is 883. The number of rotatable bonds is 6. The van der Waals surface area contributed by atoms with Gasteiger partial charge in [-0.15, -0.1) is 0 Å². The van der Waals surface area contributed by atoms with Crippen molar-refractivity contribution < 1.29 is 14.3 Å². The fourth-order valence-electron chi connectivity index (χ4n) is 3.72. The van der Waals surface area contributed by atoms with Gasteiger partial charge in [-0.2, -0.15) is 0 Å². The highest BCUT2D eigenvalue weighted by Crippen LogP contribution is 2.33. The van der Waals surface area contributed by atoms with Crippen LogP contribution >= 0.6 is 15.9 Å². The van der Waals surface area contributed by atoms with Crippen molar-refractivity contribution in [1.82, 2.24) is 20.2 Å². The maximum Gasteiger partial charge on any atom is 0.407 e. The second-order valence-electron chi connectivity index (χ2n) is 7.30. The molecule has 0 unspecified atom stereocenters. The van der Waals surface area contributed by atoms with Crippen LogP contribution in [0.5, 0.6) is 0 Å². The van der Waals surface area contributed by atoms with Gasteiger partial charge in [0.1, 0.15) is 11.9 Å². The summed E-state index contributed by atoms with van der Waals surface area (Å²) in [5.41, 5.74) is 3.02. The van der Waals surface area contributed by atoms with E-state index in [1.165, 1.54) is 7.11 Å². The first kappa shape index (κ1) is 21.4. The van der Waals surface area contributed by atoms with Crippen LogP contribution in [0.15, 0.2) is 28.9 Å². The van der Waals surface area contributed by atoms with E-state index in [-0.39, 0.29) is 11.9 Å². The van der Waals surface area contributed by atoms with Crippen LogP contribution in [0.4, 0.5) is 4.79 Å². The van der Waals surface area contributed by atoms with Crippen LogP contribution in [-0.4, -0.2) is 46.6 Å². The van der Waals surface area contributed by atoms with Crippen molar-refractivity contribution in [3.8, 4) is 11.3 Å². The number of carbonyl (C=O) groups excluding carboxylic acids is 2. The molecule has 0 aliphatic carbocycles. The molecule has 156 valence electrons. The molecule has 1 aromatic heterocycles. The minimum Gasteiger partial charge on any atom is -0.453 e. The summed E-state index contributed by atoms with van der Waals surface area (Å²) in [5, 5.41) is 2.67. The van der Waals surface area contributed by atoms with Crippen LogP contribution in [0, 0.1) is 6.92 Å². The molecule has 1 saturated heterocycles. The molecule has 0 bridgehead atoms. The number of likely N-dealkylation sites (tertiary alicyclic amines) is 1. The van der Waals surface area contributed by atoms with Crippen molar-refractivity contribution in [2.45, 2.75) is 51.6 Å². The number of imidazole rings is 1. The molecule has 1 aliphatic heterocycles. The first-order valence-corrected chi connectivity index (χ1v) is 10.7. The van der Waals surface area contributed by atoms with E-state index in [0.29, 0.717) is 13.0 Å². The average molecular weight is 463 g/mol. The minimum absolute atomic E-state index is 0.0859. The van der Waals surface area contributed by atoms with Crippen LogP contribution < -0.4 is 5.32 Å². The summed E-state index contributed by atoms with van der Waals surface area (Å²) in [6, 6.07) is 5.41. The predicted octanol–water partition coefficient (Wildman–Crippen LogP) is 4.34. The number of alkyl carbamates (subject to hydrolysis) is 1. The van der Waals surface area contributed by atoms with E-state index in [4.69, 9.17) is 4.98 Å². The summed E-state index contributed by atoms with van der Waals surface area (Å²) in [6.07, 6.45) is 4.40. The highest BCUT2D eigenvalue weighted by Gasteiger charge is 2.36. The van der Waals surface area contributed by atoms with Crippen LogP contribution in [0.25, 0.3) is 11.3 Å². The average Bonchev–Trinajstić information content (AvgIpc) is 3.38. The van der Waals surface area contributed by atoms with Gasteiger partial charge in [0.2, 0.25) is 5.91 Å². The maximum absolute atomic E-state index is 13.1. The molecule has 1 aromatic carbocycles. The molecular weight excluding hydrogens is 436 g/mol. The second kappa shape index (κ2) is 9.43. The standard InChI is InChI=1S/C21H27BrN4O3/c1-4-6-16(25-21(28)29-3)20(27)26-10-5-7-18(26)19-23-12-17(24-19)14-8-9-15(22)13(2)11-14/h8-9,11-12,16,18H,4-7,10H2,1-3H3,(H,23,24)(H,25,28)/t16-,18-/m0/s1. The summed E-state index contributed by atoms with van der Waals surface area (Å²) >= 11 is 3.52. The van der Waals surface area contributed by atoms with Gasteiger partial charge in [-0.05, 0) is 43.9 Å². The number of aromatic amines is 1. The molecule has 2 heterocycles. The zero-order chi connectivity index (χ0) is 21.0. The highest BCUT2D eigenvalue weighted by atomic mass is 79.9. The van der Waals surface area contributed by atoms with E-state index < -0.39 is 12.1 Å². The third-order valence-corrected chi connectivity index (χ3v) is 6.15. The van der Waals surface area contributed by atoms with Gasteiger partial charge in [0, 0.05) is 22.8 Å². The monoisotopic (exact) mass is 462 g/mol. The zero-order valence-electron chi connectivity index (χ0n) is 17.0. The molecule has 1 aliphatic rings. The summed E-state index contributed by atoms with van der Waals surface area (Å²) in [6.45, 7) is 4.68. The number of hydrogen-bond acceptors (Lipinski definition) is 4. The second-order valence-corrected chi connectivity index (χ2v) is 8.16. The number of H-pyrrole nitrogens is 1. The molecule has 29 heavy (non-hydrogen) atoms. The van der Waals surface area contributed by atoms with Crippen molar-refractivity contribution in [3.63, 3.8) is 0 Å². The van der Waals surface area contributed by atoms with Crippen molar-refractivity contribution in [1.29, 1.82) is 0 Å². The van der Waals surface area contributed by atoms with Gasteiger partial charge in [0.15, 0.2) is 0 Å². The molecule has 0 radical (unpaired) electrons. The third-order valence-electron chi connectivity index (χ3n) is 5.26. The van der Waals surface area contributed by atoms with E-state index >= 15 is 0 Å². The third kappa shape index (κ3) is 4.80. The molecule has 1 fully saturated rings. The number of nitrogens with one attached hydrogen (secondary N) is 2. The van der Waals surface area contributed by atoms with E-state index in [9.17, 15) is 9.59 Å². The Morgan fingerprint density at radius 2 is 2.24 bits per heavy atom. The number of benzene rings is 1. The lowest BCUT2D eigenvalue weighted by Gasteiger charge is -2.28. The van der Waals surface area contributed by atoms with Gasteiger partial charge in [-0.1, -0.05) is 35.3 Å². The van der Waals surface area contributed by atoms with Gasteiger partial charge in [0.05, 0.1) is 18.8 Å². The van der Waals surface area contributed by atoms with Gasteiger partial charge in [0.25, 0.3) is 0 Å². The number of aromatic nitrogens is 2. The topological polar surface area (TPSA) is 87.3 Å². The number of halogens is 1. The fourth-order valence-corrected chi connectivity index (χ4v) is 3.97. The number of hydrogen-bond donors (Lipinski definition) is 2. The Morgan fingerprint density at radius 1 is 1.45 bits per heavy atom. The summed E-state index contributed by atoms with van der Waals surface area (Å²) in [4.78, 5) is 34.6. The molecule has 0 saturated carbocycles. The lowest BCUT2D eigenvalue weighted by atomic mass is 10.1. The smallest absolute Gasteiger partial charge is 0.407 e. The zero-order valence-corrected chi connectivity index (χ0v) is 18.6. The van der Waals surface area contributed by atoms with Crippen LogP contribution in [-0.2, 0) is 9.53 Å². The molecule has 0 spiro atoms. The Balaban J connectivity index is 1.79. The van der Waals surface area contributed by atoms with Gasteiger partial charge in [-0.25, -0.2) is 9.78 Å². The predicted molar refractivity (Wildman–Crippen MR) is 114 cm³/mol. The first-order chi connectivity index (χ1) is 13.9. The first-order valence-electron chi connectivity index (χ1n) is 9.91. The largest absolute Gasteiger partial charge is 0.453 e. The van der Waals surface area contributed by atoms with Crippen LogP contribution in [0.1, 0.15) is 50.0 Å². The lowest BCUT2D eigenvalue weighted by molar-refractivity contribution is -0.134. The van der Waals surface area contributed by atoms with Crippen molar-refractivity contribution >= 4 is 27.9 Å². The Hall–Kier alpha value is -2.35.